The Morgan fingerprint density at radius 1 is 0.543 bits per heavy atom. The lowest BCUT2D eigenvalue weighted by Crippen LogP contribution is -2.32. The molecule has 0 unspecified atom stereocenters. The lowest BCUT2D eigenvalue weighted by Gasteiger charge is -2.21. The highest BCUT2D eigenvalue weighted by molar-refractivity contribution is 6.15. The zero-order valence-corrected chi connectivity index (χ0v) is 27.8. The van der Waals surface area contributed by atoms with E-state index in [9.17, 15) is 19.2 Å². The summed E-state index contributed by atoms with van der Waals surface area (Å²) in [5, 5.41) is 17.2. The van der Waals surface area contributed by atoms with Crippen LogP contribution >= 0.6 is 0 Å². The van der Waals surface area contributed by atoms with Gasteiger partial charge in [0.25, 0.3) is 0 Å². The van der Waals surface area contributed by atoms with Gasteiger partial charge in [0.2, 0.25) is 23.6 Å². The van der Waals surface area contributed by atoms with Gasteiger partial charge in [-0.2, -0.15) is 0 Å². The Bertz CT molecular complexity index is 1400. The Morgan fingerprint density at radius 2 is 0.913 bits per heavy atom. The summed E-state index contributed by atoms with van der Waals surface area (Å²) in [4.78, 5) is 50.8. The van der Waals surface area contributed by atoms with Crippen molar-refractivity contribution >= 4 is 40.7 Å². The first-order valence-corrected chi connectivity index (χ1v) is 15.8. The van der Waals surface area contributed by atoms with Crippen molar-refractivity contribution in [2.45, 2.75) is 96.8 Å². The molecule has 5 N–H and O–H groups in total. The van der Waals surface area contributed by atoms with Crippen LogP contribution in [-0.4, -0.2) is 28.8 Å². The van der Waals surface area contributed by atoms with E-state index in [-0.39, 0.29) is 23.2 Å². The predicted molar refractivity (Wildman–Crippen MR) is 183 cm³/mol. The van der Waals surface area contributed by atoms with E-state index in [0.717, 1.165) is 24.0 Å². The molecule has 0 aromatic heterocycles. The number of rotatable bonds is 13. The number of carbonyl (C=O) groups is 4. The summed E-state index contributed by atoms with van der Waals surface area (Å²) in [7, 11) is 0. The van der Waals surface area contributed by atoms with Gasteiger partial charge in [-0.05, 0) is 76.8 Å². The number of amides is 4. The zero-order valence-electron chi connectivity index (χ0n) is 27.8. The van der Waals surface area contributed by atoms with Crippen molar-refractivity contribution in [1.82, 2.24) is 5.48 Å². The zero-order chi connectivity index (χ0) is 33.9. The Labute approximate surface area is 272 Å². The molecule has 3 aromatic carbocycles. The minimum Gasteiger partial charge on any atom is -0.326 e. The maximum absolute atomic E-state index is 13.6. The third kappa shape index (κ3) is 11.1. The minimum atomic E-state index is -1.15. The molecule has 9 heteroatoms. The summed E-state index contributed by atoms with van der Waals surface area (Å²) in [6.45, 7) is 12.7. The second-order valence-corrected chi connectivity index (χ2v) is 13.7. The van der Waals surface area contributed by atoms with Gasteiger partial charge < -0.3 is 16.0 Å². The topological polar surface area (TPSA) is 137 Å². The number of benzene rings is 3. The van der Waals surface area contributed by atoms with E-state index in [4.69, 9.17) is 5.21 Å². The monoisotopic (exact) mass is 628 g/mol. The van der Waals surface area contributed by atoms with E-state index in [1.165, 1.54) is 0 Å². The Morgan fingerprint density at radius 3 is 1.30 bits per heavy atom. The maximum Gasteiger partial charge on any atom is 0.243 e. The van der Waals surface area contributed by atoms with Gasteiger partial charge in [0.15, 0.2) is 0 Å². The van der Waals surface area contributed by atoms with Crippen molar-refractivity contribution in [1.29, 1.82) is 0 Å². The Kier molecular flexibility index (Phi) is 12.7. The molecule has 0 fully saturated rings. The van der Waals surface area contributed by atoms with E-state index in [1.807, 2.05) is 48.5 Å². The van der Waals surface area contributed by atoms with E-state index in [2.05, 4.69) is 57.5 Å². The van der Waals surface area contributed by atoms with Crippen LogP contribution in [0.2, 0.25) is 0 Å². The van der Waals surface area contributed by atoms with Crippen LogP contribution in [0.25, 0.3) is 0 Å². The van der Waals surface area contributed by atoms with E-state index in [1.54, 1.807) is 29.7 Å². The largest absolute Gasteiger partial charge is 0.326 e. The number of anilines is 3. The number of nitrogens with one attached hydrogen (secondary N) is 4. The molecule has 9 nitrogen and oxygen atoms in total. The second kappa shape index (κ2) is 16.2. The highest BCUT2D eigenvalue weighted by atomic mass is 16.5. The molecule has 3 aromatic rings. The first kappa shape index (κ1) is 36.0. The fraction of sp³-hybridized carbons (Fsp3) is 0.405. The fourth-order valence-electron chi connectivity index (χ4n) is 4.92. The highest BCUT2D eigenvalue weighted by Crippen LogP contribution is 2.27. The minimum absolute atomic E-state index is 0.0369. The molecule has 0 aliphatic carbocycles. The normalized spacial score (nSPS) is 11.6. The van der Waals surface area contributed by atoms with Crippen molar-refractivity contribution in [3.05, 3.63) is 89.5 Å². The van der Waals surface area contributed by atoms with Crippen molar-refractivity contribution in [2.75, 3.05) is 16.0 Å². The first-order valence-electron chi connectivity index (χ1n) is 15.8. The fourth-order valence-corrected chi connectivity index (χ4v) is 4.92. The third-order valence-electron chi connectivity index (χ3n) is 7.77. The van der Waals surface area contributed by atoms with Crippen LogP contribution in [-0.2, 0) is 30.0 Å². The lowest BCUT2D eigenvalue weighted by molar-refractivity contribution is -0.129. The van der Waals surface area contributed by atoms with Crippen molar-refractivity contribution in [2.24, 2.45) is 0 Å². The van der Waals surface area contributed by atoms with Gasteiger partial charge in [0.1, 0.15) is 5.92 Å². The van der Waals surface area contributed by atoms with Crippen LogP contribution < -0.4 is 21.4 Å². The molecule has 0 atom stereocenters. The van der Waals surface area contributed by atoms with Crippen LogP contribution in [0, 0.1) is 0 Å². The standard InChI is InChI=1S/C37H48N4O5/c1-36(2,3)26-15-21-29(22-16-26)39-34(44)33(35(45)40-30-23-17-27(18-24-30)37(4,5)6)25-13-19-28(20-14-25)38-31(42)11-9-7-8-10-12-32(43)41-46/h13-24,33,46H,7-12H2,1-6H3,(H,38,42)(H,39,44)(H,40,45)(H,41,43). The molecule has 0 aliphatic rings. The summed E-state index contributed by atoms with van der Waals surface area (Å²) in [6, 6.07) is 21.9. The van der Waals surface area contributed by atoms with Crippen LogP contribution in [0.5, 0.6) is 0 Å². The number of hydroxylamine groups is 1. The maximum atomic E-state index is 13.6. The number of hydrogen-bond acceptors (Lipinski definition) is 5. The molecule has 4 amide bonds. The molecular weight excluding hydrogens is 580 g/mol. The number of unbranched alkanes of at least 4 members (excludes halogenated alkanes) is 3. The highest BCUT2D eigenvalue weighted by Gasteiger charge is 2.29. The molecule has 46 heavy (non-hydrogen) atoms. The third-order valence-corrected chi connectivity index (χ3v) is 7.77. The van der Waals surface area contributed by atoms with Gasteiger partial charge >= 0.3 is 0 Å². The Hall–Kier alpha value is -4.50. The number of hydrogen-bond donors (Lipinski definition) is 5. The predicted octanol–water partition coefficient (Wildman–Crippen LogP) is 7.43. The molecule has 0 saturated heterocycles. The molecule has 0 bridgehead atoms. The van der Waals surface area contributed by atoms with Crippen LogP contribution in [0.15, 0.2) is 72.8 Å². The average Bonchev–Trinajstić information content (AvgIpc) is 2.99. The molecular formula is C37H48N4O5. The molecule has 0 spiro atoms. The van der Waals surface area contributed by atoms with Gasteiger partial charge in [0.05, 0.1) is 0 Å². The molecule has 0 saturated carbocycles. The van der Waals surface area contributed by atoms with Crippen LogP contribution in [0.1, 0.15) is 103 Å². The summed E-state index contributed by atoms with van der Waals surface area (Å²) >= 11 is 0. The second-order valence-electron chi connectivity index (χ2n) is 13.7. The van der Waals surface area contributed by atoms with Gasteiger partial charge in [-0.15, -0.1) is 0 Å². The molecule has 3 rings (SSSR count). The summed E-state index contributed by atoms with van der Waals surface area (Å²) in [6.07, 6.45) is 3.45. The molecule has 246 valence electrons. The van der Waals surface area contributed by atoms with Crippen LogP contribution in [0.4, 0.5) is 17.1 Å². The molecule has 0 heterocycles. The van der Waals surface area contributed by atoms with Crippen molar-refractivity contribution in [3.63, 3.8) is 0 Å². The summed E-state index contributed by atoms with van der Waals surface area (Å²) < 4.78 is 0. The summed E-state index contributed by atoms with van der Waals surface area (Å²) in [5.41, 5.74) is 6.01. The van der Waals surface area contributed by atoms with E-state index >= 15 is 0 Å². The Balaban J connectivity index is 1.71. The van der Waals surface area contributed by atoms with Crippen molar-refractivity contribution < 1.29 is 24.4 Å². The average molecular weight is 629 g/mol. The smallest absolute Gasteiger partial charge is 0.243 e. The van der Waals surface area contributed by atoms with Gasteiger partial charge in [-0.3, -0.25) is 24.4 Å². The quantitative estimate of drug-likeness (QED) is 0.0580. The molecule has 0 radical (unpaired) electrons. The van der Waals surface area contributed by atoms with Gasteiger partial charge in [-0.1, -0.05) is 90.8 Å². The van der Waals surface area contributed by atoms with E-state index in [0.29, 0.717) is 41.9 Å². The van der Waals surface area contributed by atoms with E-state index < -0.39 is 23.6 Å². The molecule has 0 aliphatic heterocycles. The first-order chi connectivity index (χ1) is 21.7. The van der Waals surface area contributed by atoms with Crippen LogP contribution in [0.3, 0.4) is 0 Å². The van der Waals surface area contributed by atoms with Crippen molar-refractivity contribution in [3.8, 4) is 0 Å². The van der Waals surface area contributed by atoms with Gasteiger partial charge in [-0.25, -0.2) is 5.48 Å². The summed E-state index contributed by atoms with van der Waals surface area (Å²) in [5.74, 6) is -2.66. The number of carbonyl (C=O) groups excluding carboxylic acids is 4. The lowest BCUT2D eigenvalue weighted by atomic mass is 9.87. The van der Waals surface area contributed by atoms with Gasteiger partial charge in [0, 0.05) is 29.9 Å². The SMILES string of the molecule is CC(C)(C)c1ccc(NC(=O)C(C(=O)Nc2ccc(C(C)(C)C)cc2)c2ccc(NC(=O)CCCCCCC(=O)NO)cc2)cc1.